The van der Waals surface area contributed by atoms with Crippen LogP contribution in [0.25, 0.3) is 0 Å². The number of ether oxygens (including phenoxy) is 1. The molecule has 2 atom stereocenters. The van der Waals surface area contributed by atoms with Gasteiger partial charge in [0.25, 0.3) is 0 Å². The van der Waals surface area contributed by atoms with E-state index in [0.29, 0.717) is 18.8 Å². The summed E-state index contributed by atoms with van der Waals surface area (Å²) < 4.78 is 5.92. The number of carbonyl (C=O) groups excluding carboxylic acids is 1. The van der Waals surface area contributed by atoms with Crippen LogP contribution in [0.15, 0.2) is 24.3 Å². The predicted octanol–water partition coefficient (Wildman–Crippen LogP) is 3.89. The highest BCUT2D eigenvalue weighted by Crippen LogP contribution is 2.23. The molecule has 4 nitrogen and oxygen atoms in total. The van der Waals surface area contributed by atoms with E-state index in [0.717, 1.165) is 25.1 Å². The van der Waals surface area contributed by atoms with E-state index in [1.165, 1.54) is 31.2 Å². The van der Waals surface area contributed by atoms with E-state index in [9.17, 15) is 4.79 Å². The molecular formula is C19H29ClN2O2. The minimum absolute atomic E-state index is 0. The van der Waals surface area contributed by atoms with Gasteiger partial charge in [-0.3, -0.25) is 4.79 Å². The summed E-state index contributed by atoms with van der Waals surface area (Å²) in [6.45, 7) is 3.74. The first kappa shape index (κ1) is 19.2. The summed E-state index contributed by atoms with van der Waals surface area (Å²) in [5, 5.41) is 6.43. The Labute approximate surface area is 151 Å². The summed E-state index contributed by atoms with van der Waals surface area (Å²) in [7, 11) is 0. The summed E-state index contributed by atoms with van der Waals surface area (Å²) in [5.74, 6) is 0.268. The van der Waals surface area contributed by atoms with Crippen molar-refractivity contribution in [2.24, 2.45) is 5.92 Å². The number of nitrogens with one attached hydrogen (secondary N) is 2. The lowest BCUT2D eigenvalue weighted by atomic mass is 9.92. The third-order valence-corrected chi connectivity index (χ3v) is 5.00. The van der Waals surface area contributed by atoms with E-state index < -0.39 is 0 Å². The first-order valence-corrected chi connectivity index (χ1v) is 8.95. The molecule has 0 unspecified atom stereocenters. The van der Waals surface area contributed by atoms with Crippen LogP contribution in [0.3, 0.4) is 0 Å². The van der Waals surface area contributed by atoms with Crippen LogP contribution in [0.1, 0.15) is 51.0 Å². The Kier molecular flexibility index (Phi) is 7.53. The van der Waals surface area contributed by atoms with Crippen LogP contribution in [-0.2, 0) is 16.1 Å². The molecule has 1 saturated carbocycles. The highest BCUT2D eigenvalue weighted by atomic mass is 35.5. The maximum absolute atomic E-state index is 12.3. The molecule has 0 aromatic heterocycles. The summed E-state index contributed by atoms with van der Waals surface area (Å²) in [4.78, 5) is 12.3. The highest BCUT2D eigenvalue weighted by molar-refractivity contribution is 5.92. The van der Waals surface area contributed by atoms with Crippen LogP contribution in [-0.4, -0.2) is 24.6 Å². The molecule has 134 valence electrons. The quantitative estimate of drug-likeness (QED) is 0.845. The lowest BCUT2D eigenvalue weighted by molar-refractivity contribution is -0.120. The zero-order valence-corrected chi connectivity index (χ0v) is 15.2. The monoisotopic (exact) mass is 352 g/mol. The second-order valence-corrected chi connectivity index (χ2v) is 6.98. The van der Waals surface area contributed by atoms with Gasteiger partial charge in [0.1, 0.15) is 0 Å². The van der Waals surface area contributed by atoms with Crippen LogP contribution in [0.2, 0.25) is 0 Å². The molecule has 0 radical (unpaired) electrons. The smallest absolute Gasteiger partial charge is 0.227 e. The molecule has 1 heterocycles. The molecule has 1 aliphatic carbocycles. The van der Waals surface area contributed by atoms with Gasteiger partial charge in [0, 0.05) is 17.6 Å². The molecule has 2 aliphatic rings. The molecule has 1 aromatic rings. The standard InChI is InChI=1S/C19H28N2O2.ClH/c1-14-12-16(10-11-20-14)19(22)21-17-8-6-15(7-9-17)13-23-18-4-2-3-5-18;/h6-9,14,16,18,20H,2-5,10-13H2,1H3,(H,21,22);1H/t14-,16-;/m0./s1. The third-order valence-electron chi connectivity index (χ3n) is 5.00. The fourth-order valence-electron chi connectivity index (χ4n) is 3.57. The van der Waals surface area contributed by atoms with Gasteiger partial charge in [0.05, 0.1) is 12.7 Å². The first-order valence-electron chi connectivity index (χ1n) is 8.95. The van der Waals surface area contributed by atoms with Crippen LogP contribution < -0.4 is 10.6 Å². The van der Waals surface area contributed by atoms with Crippen molar-refractivity contribution >= 4 is 24.0 Å². The van der Waals surface area contributed by atoms with Crippen molar-refractivity contribution in [3.63, 3.8) is 0 Å². The topological polar surface area (TPSA) is 50.4 Å². The Morgan fingerprint density at radius 1 is 1.21 bits per heavy atom. The molecule has 5 heteroatoms. The van der Waals surface area contributed by atoms with Crippen molar-refractivity contribution in [2.45, 2.75) is 64.2 Å². The Morgan fingerprint density at radius 3 is 2.58 bits per heavy atom. The van der Waals surface area contributed by atoms with Gasteiger partial charge in [-0.05, 0) is 56.8 Å². The van der Waals surface area contributed by atoms with Crippen LogP contribution >= 0.6 is 12.4 Å². The van der Waals surface area contributed by atoms with Gasteiger partial charge >= 0.3 is 0 Å². The average molecular weight is 353 g/mol. The SMILES string of the molecule is C[C@H]1C[C@@H](C(=O)Nc2ccc(COC3CCCC3)cc2)CCN1.Cl. The van der Waals surface area contributed by atoms with Crippen molar-refractivity contribution in [2.75, 3.05) is 11.9 Å². The molecule has 0 bridgehead atoms. The zero-order chi connectivity index (χ0) is 16.1. The minimum atomic E-state index is 0. The Morgan fingerprint density at radius 2 is 1.92 bits per heavy atom. The van der Waals surface area contributed by atoms with E-state index in [1.807, 2.05) is 12.1 Å². The Bertz CT molecular complexity index is 515. The Hall–Kier alpha value is -1.10. The molecule has 2 fully saturated rings. The maximum atomic E-state index is 12.3. The molecule has 1 aliphatic heterocycles. The zero-order valence-electron chi connectivity index (χ0n) is 14.4. The number of amides is 1. The van der Waals surface area contributed by atoms with Gasteiger partial charge in [-0.25, -0.2) is 0 Å². The van der Waals surface area contributed by atoms with Crippen molar-refractivity contribution in [3.05, 3.63) is 29.8 Å². The highest BCUT2D eigenvalue weighted by Gasteiger charge is 2.24. The summed E-state index contributed by atoms with van der Waals surface area (Å²) in [6, 6.07) is 8.49. The molecular weight excluding hydrogens is 324 g/mol. The number of piperidine rings is 1. The molecule has 1 saturated heterocycles. The number of rotatable bonds is 5. The molecule has 0 spiro atoms. The van der Waals surface area contributed by atoms with E-state index in [4.69, 9.17) is 4.74 Å². The first-order chi connectivity index (χ1) is 11.2. The second-order valence-electron chi connectivity index (χ2n) is 6.98. The number of halogens is 1. The predicted molar refractivity (Wildman–Crippen MR) is 99.6 cm³/mol. The molecule has 24 heavy (non-hydrogen) atoms. The minimum Gasteiger partial charge on any atom is -0.374 e. The van der Waals surface area contributed by atoms with Gasteiger partial charge in [-0.15, -0.1) is 12.4 Å². The van der Waals surface area contributed by atoms with Crippen molar-refractivity contribution in [1.82, 2.24) is 5.32 Å². The largest absolute Gasteiger partial charge is 0.374 e. The number of hydrogen-bond acceptors (Lipinski definition) is 3. The maximum Gasteiger partial charge on any atom is 0.227 e. The summed E-state index contributed by atoms with van der Waals surface area (Å²) >= 11 is 0. The van der Waals surface area contributed by atoms with Gasteiger partial charge in [-0.2, -0.15) is 0 Å². The number of benzene rings is 1. The van der Waals surface area contributed by atoms with Crippen molar-refractivity contribution in [3.8, 4) is 0 Å². The van der Waals surface area contributed by atoms with E-state index >= 15 is 0 Å². The van der Waals surface area contributed by atoms with Gasteiger partial charge in [0.15, 0.2) is 0 Å². The normalized spacial score (nSPS) is 24.4. The fraction of sp³-hybridized carbons (Fsp3) is 0.632. The summed E-state index contributed by atoms with van der Waals surface area (Å²) in [5.41, 5.74) is 2.05. The van der Waals surface area contributed by atoms with Gasteiger partial charge in [0.2, 0.25) is 5.91 Å². The van der Waals surface area contributed by atoms with Gasteiger partial charge < -0.3 is 15.4 Å². The lowest BCUT2D eigenvalue weighted by Gasteiger charge is -2.27. The molecule has 2 N–H and O–H groups in total. The van der Waals surface area contributed by atoms with Gasteiger partial charge in [-0.1, -0.05) is 25.0 Å². The Balaban J connectivity index is 0.00000208. The van der Waals surface area contributed by atoms with Crippen LogP contribution in [0, 0.1) is 5.92 Å². The lowest BCUT2D eigenvalue weighted by Crippen LogP contribution is -2.40. The number of carbonyl (C=O) groups is 1. The van der Waals surface area contributed by atoms with E-state index in [1.54, 1.807) is 0 Å². The third kappa shape index (κ3) is 5.47. The number of hydrogen-bond donors (Lipinski definition) is 2. The van der Waals surface area contributed by atoms with Crippen molar-refractivity contribution in [1.29, 1.82) is 0 Å². The average Bonchev–Trinajstić information content (AvgIpc) is 3.08. The molecule has 1 amide bonds. The summed E-state index contributed by atoms with van der Waals surface area (Å²) in [6.07, 6.45) is 7.26. The molecule has 3 rings (SSSR count). The molecule has 1 aromatic carbocycles. The number of anilines is 1. The van der Waals surface area contributed by atoms with Crippen molar-refractivity contribution < 1.29 is 9.53 Å². The van der Waals surface area contributed by atoms with Crippen LogP contribution in [0.5, 0.6) is 0 Å². The van der Waals surface area contributed by atoms with E-state index in [-0.39, 0.29) is 24.2 Å². The van der Waals surface area contributed by atoms with E-state index in [2.05, 4.69) is 29.7 Å². The fourth-order valence-corrected chi connectivity index (χ4v) is 3.57. The van der Waals surface area contributed by atoms with Crippen LogP contribution in [0.4, 0.5) is 5.69 Å². The second kappa shape index (κ2) is 9.40.